The minimum Gasteiger partial charge on any atom is -0.457 e. The van der Waals surface area contributed by atoms with Crippen LogP contribution in [0.5, 0.6) is 0 Å². The number of allylic oxidation sites excluding steroid dienone is 20. The summed E-state index contributed by atoms with van der Waals surface area (Å²) in [5.74, 6) is -0.352. The molecule has 0 aromatic carbocycles. The van der Waals surface area contributed by atoms with Gasteiger partial charge in [-0.25, -0.2) is 4.57 Å². The number of hydrogen-bond donors (Lipinski definition) is 2. The van der Waals surface area contributed by atoms with Gasteiger partial charge in [-0.1, -0.05) is 193 Å². The lowest BCUT2D eigenvalue weighted by Crippen LogP contribution is -2.28. The van der Waals surface area contributed by atoms with Gasteiger partial charge in [-0.05, 0) is 103 Å². The highest BCUT2D eigenvalue weighted by atomic mass is 31.2. The van der Waals surface area contributed by atoms with E-state index in [-0.39, 0.29) is 32.3 Å². The summed E-state index contributed by atoms with van der Waals surface area (Å²) in [4.78, 5) is 22.6. The molecule has 9 heteroatoms. The Morgan fingerprint density at radius 1 is 0.469 bits per heavy atom. The van der Waals surface area contributed by atoms with Crippen LogP contribution in [-0.4, -0.2) is 49.9 Å². The second-order valence-electron chi connectivity index (χ2n) is 15.9. The number of rotatable bonds is 46. The maximum absolute atomic E-state index is 12.7. The van der Waals surface area contributed by atoms with Crippen molar-refractivity contribution >= 4 is 13.8 Å². The predicted octanol–water partition coefficient (Wildman–Crippen LogP) is 15.8. The summed E-state index contributed by atoms with van der Waals surface area (Å²) in [6.45, 7) is 4.58. The van der Waals surface area contributed by atoms with E-state index in [9.17, 15) is 14.3 Å². The molecule has 0 aliphatic carbocycles. The van der Waals surface area contributed by atoms with Crippen LogP contribution in [0.1, 0.15) is 181 Å². The number of ether oxygens (including phenoxy) is 2. The van der Waals surface area contributed by atoms with Gasteiger partial charge in [-0.2, -0.15) is 0 Å². The van der Waals surface area contributed by atoms with Crippen LogP contribution in [0.3, 0.4) is 0 Å². The number of carbonyl (C=O) groups is 1. The second-order valence-corrected chi connectivity index (χ2v) is 17.4. The number of phosphoric acid groups is 1. The van der Waals surface area contributed by atoms with Crippen molar-refractivity contribution in [2.75, 3.05) is 33.0 Å². The van der Waals surface area contributed by atoms with Crippen molar-refractivity contribution in [2.24, 2.45) is 5.73 Å². The first-order valence-corrected chi connectivity index (χ1v) is 26.5. The topological polar surface area (TPSA) is 117 Å². The molecule has 64 heavy (non-hydrogen) atoms. The normalized spacial score (nSPS) is 14.4. The number of hydrogen-bond acceptors (Lipinski definition) is 7. The van der Waals surface area contributed by atoms with E-state index in [0.717, 1.165) is 109 Å². The van der Waals surface area contributed by atoms with E-state index in [4.69, 9.17) is 24.3 Å². The van der Waals surface area contributed by atoms with Crippen LogP contribution in [0.2, 0.25) is 0 Å². The van der Waals surface area contributed by atoms with Crippen LogP contribution in [0.4, 0.5) is 0 Å². The minimum atomic E-state index is -4.30. The summed E-state index contributed by atoms with van der Waals surface area (Å²) in [6.07, 6.45) is 70.9. The number of carbonyl (C=O) groups excluding carboxylic acids is 1. The minimum absolute atomic E-state index is 0.0835. The molecule has 0 aromatic rings. The highest BCUT2D eigenvalue weighted by Crippen LogP contribution is 2.43. The van der Waals surface area contributed by atoms with Crippen molar-refractivity contribution in [3.63, 3.8) is 0 Å². The zero-order valence-corrected chi connectivity index (χ0v) is 41.4. The van der Waals surface area contributed by atoms with E-state index in [1.54, 1.807) is 0 Å². The Labute approximate surface area is 392 Å². The van der Waals surface area contributed by atoms with Crippen molar-refractivity contribution in [1.82, 2.24) is 0 Å². The Kier molecular flexibility index (Phi) is 48.4. The smallest absolute Gasteiger partial charge is 0.457 e. The Morgan fingerprint density at radius 2 is 0.828 bits per heavy atom. The fourth-order valence-corrected chi connectivity index (χ4v) is 7.05. The number of unbranched alkanes of at least 4 members (excludes halogenated alkanes) is 13. The van der Waals surface area contributed by atoms with Crippen molar-refractivity contribution in [3.05, 3.63) is 122 Å². The standard InChI is InChI=1S/C55H92NO7P/c1-3-5-7-9-11-13-15-17-19-21-23-25-27-28-30-32-34-36-38-40-42-44-46-48-55(57)63-54(53-62-64(58,59)61-51-49-56)52-60-50-47-45-43-41-39-37-35-33-31-29-26-24-22-20-18-16-14-12-10-8-6-4-2/h5-8,11-14,17-20,23-26,31,33,37,39,54H,3-4,9-10,15-16,21-22,27-30,32,34-36,38,40-53,56H2,1-2H3,(H,58,59)/b7-5-,8-6-,13-11-,14-12-,19-17-,20-18-,25-23-,26-24-,33-31-,39-37-. The van der Waals surface area contributed by atoms with Crippen LogP contribution in [-0.2, 0) is 27.9 Å². The van der Waals surface area contributed by atoms with Crippen molar-refractivity contribution < 1.29 is 32.8 Å². The van der Waals surface area contributed by atoms with Gasteiger partial charge >= 0.3 is 13.8 Å². The fraction of sp³-hybridized carbons (Fsp3) is 0.618. The van der Waals surface area contributed by atoms with E-state index in [1.807, 2.05) is 0 Å². The van der Waals surface area contributed by atoms with Gasteiger partial charge in [0.1, 0.15) is 6.10 Å². The maximum Gasteiger partial charge on any atom is 0.472 e. The van der Waals surface area contributed by atoms with Gasteiger partial charge in [0.05, 0.1) is 19.8 Å². The molecule has 0 saturated heterocycles. The first-order valence-electron chi connectivity index (χ1n) is 25.0. The lowest BCUT2D eigenvalue weighted by atomic mass is 10.0. The van der Waals surface area contributed by atoms with Gasteiger partial charge < -0.3 is 20.1 Å². The molecule has 0 rings (SSSR count). The van der Waals surface area contributed by atoms with E-state index >= 15 is 0 Å². The Hall–Kier alpha value is -3.10. The number of esters is 1. The molecular formula is C55H92NO7P. The first-order chi connectivity index (χ1) is 31.4. The molecular weight excluding hydrogens is 818 g/mol. The molecule has 0 amide bonds. The molecule has 3 N–H and O–H groups in total. The molecule has 364 valence electrons. The zero-order valence-electron chi connectivity index (χ0n) is 40.5. The molecule has 2 unspecified atom stereocenters. The Bertz CT molecular complexity index is 1390. The van der Waals surface area contributed by atoms with Crippen molar-refractivity contribution in [1.29, 1.82) is 0 Å². The van der Waals surface area contributed by atoms with Gasteiger partial charge in [0, 0.05) is 19.6 Å². The van der Waals surface area contributed by atoms with Crippen LogP contribution >= 0.6 is 7.82 Å². The first kappa shape index (κ1) is 60.9. The summed E-state index contributed by atoms with van der Waals surface area (Å²) >= 11 is 0. The third kappa shape index (κ3) is 49.9. The highest BCUT2D eigenvalue weighted by Gasteiger charge is 2.25. The van der Waals surface area contributed by atoms with Gasteiger partial charge in [0.25, 0.3) is 0 Å². The lowest BCUT2D eigenvalue weighted by Gasteiger charge is -2.20. The second kappa shape index (κ2) is 50.9. The molecule has 0 spiro atoms. The summed E-state index contributed by atoms with van der Waals surface area (Å²) < 4.78 is 33.5. The quantitative estimate of drug-likeness (QED) is 0.0268. The van der Waals surface area contributed by atoms with Crippen LogP contribution < -0.4 is 5.73 Å². The van der Waals surface area contributed by atoms with Gasteiger partial charge in [0.15, 0.2) is 0 Å². The zero-order chi connectivity index (χ0) is 46.5. The number of nitrogens with two attached hydrogens (primary N) is 1. The maximum atomic E-state index is 12.7. The Morgan fingerprint density at radius 3 is 1.23 bits per heavy atom. The third-order valence-corrected chi connectivity index (χ3v) is 10.9. The molecule has 0 aliphatic rings. The molecule has 0 bridgehead atoms. The van der Waals surface area contributed by atoms with Gasteiger partial charge in [-0.15, -0.1) is 0 Å². The summed E-state index contributed by atoms with van der Waals surface area (Å²) in [5.41, 5.74) is 5.38. The van der Waals surface area contributed by atoms with E-state index < -0.39 is 13.9 Å². The van der Waals surface area contributed by atoms with E-state index in [2.05, 4.69) is 135 Å². The predicted molar refractivity (Wildman–Crippen MR) is 274 cm³/mol. The lowest BCUT2D eigenvalue weighted by molar-refractivity contribution is -0.154. The molecule has 0 radical (unpaired) electrons. The summed E-state index contributed by atoms with van der Waals surface area (Å²) in [5, 5.41) is 0. The third-order valence-electron chi connectivity index (χ3n) is 9.87. The highest BCUT2D eigenvalue weighted by molar-refractivity contribution is 7.47. The summed E-state index contributed by atoms with van der Waals surface area (Å²) in [6, 6.07) is 0. The molecule has 0 heterocycles. The molecule has 0 aliphatic heterocycles. The molecule has 0 fully saturated rings. The average molecular weight is 910 g/mol. The monoisotopic (exact) mass is 910 g/mol. The Balaban J connectivity index is 4.07. The molecule has 0 aromatic heterocycles. The largest absolute Gasteiger partial charge is 0.472 e. The summed E-state index contributed by atoms with van der Waals surface area (Å²) in [7, 11) is -4.30. The van der Waals surface area contributed by atoms with Gasteiger partial charge in [0.2, 0.25) is 0 Å². The van der Waals surface area contributed by atoms with Crippen LogP contribution in [0.15, 0.2) is 122 Å². The van der Waals surface area contributed by atoms with Gasteiger partial charge in [-0.3, -0.25) is 13.8 Å². The molecule has 0 saturated carbocycles. The van der Waals surface area contributed by atoms with Crippen molar-refractivity contribution in [3.8, 4) is 0 Å². The van der Waals surface area contributed by atoms with E-state index in [1.165, 1.54) is 51.4 Å². The van der Waals surface area contributed by atoms with E-state index in [0.29, 0.717) is 13.0 Å². The fourth-order valence-electron chi connectivity index (χ4n) is 6.28. The van der Waals surface area contributed by atoms with Crippen LogP contribution in [0, 0.1) is 0 Å². The number of phosphoric ester groups is 1. The van der Waals surface area contributed by atoms with Crippen molar-refractivity contribution in [2.45, 2.75) is 187 Å². The molecule has 8 nitrogen and oxygen atoms in total. The molecule has 2 atom stereocenters. The average Bonchev–Trinajstić information content (AvgIpc) is 3.29. The van der Waals surface area contributed by atoms with Crippen LogP contribution in [0.25, 0.3) is 0 Å². The SMILES string of the molecule is CC/C=C\C/C=C\C/C=C\C/C=C\C/C=C\C/C=C\CCCCCOCC(COP(=O)(O)OCCN)OC(=O)CCCCCCCCCCCC/C=C\C/C=C\C/C=C\C/C=C\CC.